The Morgan fingerprint density at radius 1 is 1.30 bits per heavy atom. The first-order valence-electron chi connectivity index (χ1n) is 9.60. The summed E-state index contributed by atoms with van der Waals surface area (Å²) in [4.78, 5) is 4.39. The van der Waals surface area contributed by atoms with Crippen molar-refractivity contribution in [3.05, 3.63) is 46.3 Å². The molecule has 2 N–H and O–H groups in total. The number of aliphatic imine (C=N–C) groups is 1. The summed E-state index contributed by atoms with van der Waals surface area (Å²) in [5, 5.41) is 11.6. The summed E-state index contributed by atoms with van der Waals surface area (Å²) < 4.78 is 7.51. The second-order valence-electron chi connectivity index (χ2n) is 6.74. The van der Waals surface area contributed by atoms with Crippen LogP contribution in [0.2, 0.25) is 0 Å². The van der Waals surface area contributed by atoms with Gasteiger partial charge in [0.15, 0.2) is 5.96 Å². The lowest BCUT2D eigenvalue weighted by Crippen LogP contribution is -2.38. The largest absolute Gasteiger partial charge is 0.496 e. The molecule has 1 aromatic heterocycles. The third-order valence-corrected chi connectivity index (χ3v) is 4.89. The molecule has 0 spiro atoms. The molecule has 2 rings (SSSR count). The van der Waals surface area contributed by atoms with Crippen LogP contribution in [0.4, 0.5) is 0 Å². The van der Waals surface area contributed by atoms with Crippen molar-refractivity contribution in [2.24, 2.45) is 12.0 Å². The summed E-state index contributed by atoms with van der Waals surface area (Å²) in [6.45, 7) is 9.22. The van der Waals surface area contributed by atoms with Gasteiger partial charge >= 0.3 is 0 Å². The Balaban J connectivity index is 2.12. The minimum atomic E-state index is 0.0660. The van der Waals surface area contributed by atoms with E-state index in [1.807, 2.05) is 17.8 Å². The second kappa shape index (κ2) is 9.44. The van der Waals surface area contributed by atoms with Gasteiger partial charge in [-0.15, -0.1) is 0 Å². The van der Waals surface area contributed by atoms with Crippen molar-refractivity contribution in [1.29, 1.82) is 0 Å². The molecule has 6 heteroatoms. The number of aryl methyl sites for hydroxylation is 3. The number of guanidine groups is 1. The summed E-state index contributed by atoms with van der Waals surface area (Å²) in [6, 6.07) is 6.28. The highest BCUT2D eigenvalue weighted by atomic mass is 16.5. The Kier molecular flexibility index (Phi) is 7.28. The zero-order chi connectivity index (χ0) is 20.0. The van der Waals surface area contributed by atoms with Crippen molar-refractivity contribution in [1.82, 2.24) is 20.4 Å². The highest BCUT2D eigenvalue weighted by Crippen LogP contribution is 2.26. The molecule has 6 nitrogen and oxygen atoms in total. The minimum Gasteiger partial charge on any atom is -0.496 e. The van der Waals surface area contributed by atoms with Gasteiger partial charge in [-0.05, 0) is 32.8 Å². The van der Waals surface area contributed by atoms with E-state index >= 15 is 0 Å². The Bertz CT molecular complexity index is 794. The molecule has 0 amide bonds. The summed E-state index contributed by atoms with van der Waals surface area (Å²) in [7, 11) is 5.51. The fourth-order valence-electron chi connectivity index (χ4n) is 3.44. The molecule has 0 fully saturated rings. The molecule has 1 aromatic carbocycles. The van der Waals surface area contributed by atoms with Gasteiger partial charge < -0.3 is 15.4 Å². The highest BCUT2D eigenvalue weighted by Gasteiger charge is 2.16. The maximum Gasteiger partial charge on any atom is 0.191 e. The van der Waals surface area contributed by atoms with E-state index in [0.29, 0.717) is 6.54 Å². The number of hydrogen-bond donors (Lipinski definition) is 2. The van der Waals surface area contributed by atoms with Crippen molar-refractivity contribution in [3.8, 4) is 5.75 Å². The summed E-state index contributed by atoms with van der Waals surface area (Å²) in [6.07, 6.45) is 1.89. The molecular weight excluding hydrogens is 338 g/mol. The van der Waals surface area contributed by atoms with Crippen LogP contribution in [0.1, 0.15) is 54.9 Å². The SMILES string of the molecule is CCc1nn(C)c(CC)c1CNC(=NC)NC(C)c1cc(C)ccc1OC. The third-order valence-electron chi connectivity index (χ3n) is 4.89. The number of benzene rings is 1. The fraction of sp³-hybridized carbons (Fsp3) is 0.524. The van der Waals surface area contributed by atoms with Crippen LogP contribution in [0.5, 0.6) is 5.75 Å². The topological polar surface area (TPSA) is 63.5 Å². The molecular formula is C21H33N5O. The molecule has 1 heterocycles. The second-order valence-corrected chi connectivity index (χ2v) is 6.74. The molecule has 1 atom stereocenters. The maximum atomic E-state index is 5.52. The number of hydrogen-bond acceptors (Lipinski definition) is 3. The van der Waals surface area contributed by atoms with Crippen LogP contribution in [0, 0.1) is 6.92 Å². The van der Waals surface area contributed by atoms with E-state index in [1.165, 1.54) is 16.8 Å². The maximum absolute atomic E-state index is 5.52. The van der Waals surface area contributed by atoms with Crippen LogP contribution in [0.25, 0.3) is 0 Å². The highest BCUT2D eigenvalue weighted by molar-refractivity contribution is 5.80. The van der Waals surface area contributed by atoms with Crippen LogP contribution in [-0.2, 0) is 26.4 Å². The zero-order valence-corrected chi connectivity index (χ0v) is 17.7. The predicted molar refractivity (Wildman–Crippen MR) is 111 cm³/mol. The molecule has 0 bridgehead atoms. The molecule has 0 aliphatic rings. The van der Waals surface area contributed by atoms with Crippen LogP contribution in [-0.4, -0.2) is 29.9 Å². The normalized spacial score (nSPS) is 12.8. The molecule has 0 radical (unpaired) electrons. The Hall–Kier alpha value is -2.50. The minimum absolute atomic E-state index is 0.0660. The Morgan fingerprint density at radius 3 is 2.63 bits per heavy atom. The number of ether oxygens (including phenoxy) is 1. The third kappa shape index (κ3) is 4.81. The first-order chi connectivity index (χ1) is 12.9. The fourth-order valence-corrected chi connectivity index (χ4v) is 3.44. The van der Waals surface area contributed by atoms with Gasteiger partial charge in [0.2, 0.25) is 0 Å². The van der Waals surface area contributed by atoms with Crippen LogP contribution in [0.3, 0.4) is 0 Å². The first kappa shape index (κ1) is 20.8. The lowest BCUT2D eigenvalue weighted by molar-refractivity contribution is 0.405. The van der Waals surface area contributed by atoms with Gasteiger partial charge in [0.1, 0.15) is 5.75 Å². The molecule has 1 unspecified atom stereocenters. The number of aromatic nitrogens is 2. The summed E-state index contributed by atoms with van der Waals surface area (Å²) in [5.41, 5.74) is 6.00. The number of methoxy groups -OCH3 is 1. The zero-order valence-electron chi connectivity index (χ0n) is 17.7. The molecule has 0 aliphatic carbocycles. The van der Waals surface area contributed by atoms with Crippen LogP contribution < -0.4 is 15.4 Å². The van der Waals surface area contributed by atoms with Crippen molar-refractivity contribution in [2.45, 2.75) is 53.1 Å². The Labute approximate surface area is 163 Å². The van der Waals surface area contributed by atoms with E-state index in [-0.39, 0.29) is 6.04 Å². The number of nitrogens with zero attached hydrogens (tertiary/aromatic N) is 3. The molecule has 0 aliphatic heterocycles. The average molecular weight is 372 g/mol. The van der Waals surface area contributed by atoms with Gasteiger partial charge in [0, 0.05) is 37.5 Å². The summed E-state index contributed by atoms with van der Waals surface area (Å²) in [5.74, 6) is 1.64. The van der Waals surface area contributed by atoms with Gasteiger partial charge in [0.25, 0.3) is 0 Å². The molecule has 148 valence electrons. The van der Waals surface area contributed by atoms with Gasteiger partial charge in [-0.1, -0.05) is 31.5 Å². The van der Waals surface area contributed by atoms with E-state index < -0.39 is 0 Å². The molecule has 0 saturated heterocycles. The number of nitrogens with one attached hydrogen (secondary N) is 2. The van der Waals surface area contributed by atoms with Crippen molar-refractivity contribution in [3.63, 3.8) is 0 Å². The molecule has 27 heavy (non-hydrogen) atoms. The van der Waals surface area contributed by atoms with Gasteiger partial charge in [-0.25, -0.2) is 0 Å². The van der Waals surface area contributed by atoms with Gasteiger partial charge in [0.05, 0.1) is 18.8 Å². The quantitative estimate of drug-likeness (QED) is 0.579. The summed E-state index contributed by atoms with van der Waals surface area (Å²) >= 11 is 0. The van der Waals surface area contributed by atoms with Crippen molar-refractivity contribution < 1.29 is 4.74 Å². The standard InChI is InChI=1S/C21H33N5O/c1-8-18-17(19(9-2)26(6)25-18)13-23-21(22-5)24-15(4)16-12-14(3)10-11-20(16)27-7/h10-12,15H,8-9,13H2,1-7H3,(H2,22,23,24). The van der Waals surface area contributed by atoms with Crippen LogP contribution >= 0.6 is 0 Å². The average Bonchev–Trinajstić information content (AvgIpc) is 2.99. The smallest absolute Gasteiger partial charge is 0.191 e. The van der Waals surface area contributed by atoms with Crippen molar-refractivity contribution in [2.75, 3.05) is 14.2 Å². The van der Waals surface area contributed by atoms with E-state index in [9.17, 15) is 0 Å². The predicted octanol–water partition coefficient (Wildman–Crippen LogP) is 3.29. The molecule has 0 saturated carbocycles. The monoisotopic (exact) mass is 371 g/mol. The first-order valence-corrected chi connectivity index (χ1v) is 9.60. The van der Waals surface area contributed by atoms with Gasteiger partial charge in [-0.3, -0.25) is 9.67 Å². The lowest BCUT2D eigenvalue weighted by atomic mass is 10.0. The lowest BCUT2D eigenvalue weighted by Gasteiger charge is -2.21. The Morgan fingerprint density at radius 2 is 2.04 bits per heavy atom. The van der Waals surface area contributed by atoms with Crippen LogP contribution in [0.15, 0.2) is 23.2 Å². The van der Waals surface area contributed by atoms with E-state index in [1.54, 1.807) is 14.2 Å². The van der Waals surface area contributed by atoms with Crippen molar-refractivity contribution >= 4 is 5.96 Å². The van der Waals surface area contributed by atoms with Gasteiger partial charge in [-0.2, -0.15) is 5.10 Å². The van der Waals surface area contributed by atoms with E-state index in [4.69, 9.17) is 4.74 Å². The van der Waals surface area contributed by atoms with E-state index in [0.717, 1.165) is 35.8 Å². The van der Waals surface area contributed by atoms with E-state index in [2.05, 4.69) is 60.6 Å². The number of rotatable bonds is 7. The molecule has 2 aromatic rings.